The topological polar surface area (TPSA) is 12.9 Å². The van der Waals surface area contributed by atoms with Crippen LogP contribution >= 0.6 is 11.3 Å². The van der Waals surface area contributed by atoms with Crippen molar-refractivity contribution in [1.29, 1.82) is 0 Å². The van der Waals surface area contributed by atoms with E-state index in [0.717, 1.165) is 5.52 Å². The summed E-state index contributed by atoms with van der Waals surface area (Å²) in [7, 11) is 0. The van der Waals surface area contributed by atoms with E-state index >= 15 is 0 Å². The normalized spacial score (nSPS) is 12.3. The lowest BCUT2D eigenvalue weighted by Gasteiger charge is -2.22. The highest BCUT2D eigenvalue weighted by molar-refractivity contribution is 7.17. The molecule has 2 heterocycles. The van der Waals surface area contributed by atoms with Crippen molar-refractivity contribution < 1.29 is 0 Å². The lowest BCUT2D eigenvalue weighted by atomic mass is 9.85. The first-order valence-electron chi connectivity index (χ1n) is 4.83. The lowest BCUT2D eigenvalue weighted by molar-refractivity contribution is 0.592. The molecular formula is C12H15NS. The molecule has 0 saturated heterocycles. The third-order valence-corrected chi connectivity index (χ3v) is 3.33. The van der Waals surface area contributed by atoms with E-state index in [2.05, 4.69) is 44.1 Å². The molecule has 0 radical (unpaired) electrons. The second-order valence-electron chi connectivity index (χ2n) is 4.70. The molecule has 0 unspecified atom stereocenters. The van der Waals surface area contributed by atoms with Gasteiger partial charge in [-0.3, -0.25) is 4.98 Å². The SMILES string of the molecule is Cc1cnc2ccsc2c1C(C)(C)C. The molecule has 2 rings (SSSR count). The van der Waals surface area contributed by atoms with Crippen molar-refractivity contribution in [3.63, 3.8) is 0 Å². The number of rotatable bonds is 0. The zero-order valence-electron chi connectivity index (χ0n) is 9.09. The predicted octanol–water partition coefficient (Wildman–Crippen LogP) is 3.90. The van der Waals surface area contributed by atoms with E-state index in [9.17, 15) is 0 Å². The third-order valence-electron chi connectivity index (χ3n) is 2.41. The fourth-order valence-corrected chi connectivity index (χ4v) is 3.09. The van der Waals surface area contributed by atoms with Gasteiger partial charge in [0, 0.05) is 6.20 Å². The molecule has 0 aliphatic heterocycles. The maximum absolute atomic E-state index is 4.43. The summed E-state index contributed by atoms with van der Waals surface area (Å²) in [6.07, 6.45) is 1.98. The minimum atomic E-state index is 0.204. The van der Waals surface area contributed by atoms with Crippen molar-refractivity contribution >= 4 is 21.6 Å². The Balaban J connectivity index is 2.83. The van der Waals surface area contributed by atoms with Crippen LogP contribution in [-0.4, -0.2) is 4.98 Å². The Hall–Kier alpha value is -0.890. The van der Waals surface area contributed by atoms with Crippen LogP contribution < -0.4 is 0 Å². The molecule has 0 saturated carbocycles. The Kier molecular flexibility index (Phi) is 2.11. The van der Waals surface area contributed by atoms with Crippen LogP contribution in [0.5, 0.6) is 0 Å². The number of hydrogen-bond acceptors (Lipinski definition) is 2. The molecule has 2 heteroatoms. The van der Waals surface area contributed by atoms with E-state index in [4.69, 9.17) is 0 Å². The quantitative estimate of drug-likeness (QED) is 0.635. The molecule has 74 valence electrons. The van der Waals surface area contributed by atoms with Crippen LogP contribution in [0.2, 0.25) is 0 Å². The van der Waals surface area contributed by atoms with Crippen molar-refractivity contribution in [2.75, 3.05) is 0 Å². The summed E-state index contributed by atoms with van der Waals surface area (Å²) in [6.45, 7) is 8.92. The Morgan fingerprint density at radius 2 is 2.00 bits per heavy atom. The van der Waals surface area contributed by atoms with Gasteiger partial charge in [0.2, 0.25) is 0 Å². The van der Waals surface area contributed by atoms with E-state index in [1.54, 1.807) is 11.3 Å². The molecule has 14 heavy (non-hydrogen) atoms. The number of hydrogen-bond donors (Lipinski definition) is 0. The Morgan fingerprint density at radius 3 is 2.64 bits per heavy atom. The van der Waals surface area contributed by atoms with Gasteiger partial charge in [-0.25, -0.2) is 0 Å². The van der Waals surface area contributed by atoms with E-state index in [1.165, 1.54) is 15.8 Å². The zero-order valence-corrected chi connectivity index (χ0v) is 9.90. The molecule has 1 nitrogen and oxygen atoms in total. The van der Waals surface area contributed by atoms with E-state index in [1.807, 2.05) is 6.20 Å². The largest absolute Gasteiger partial charge is 0.255 e. The van der Waals surface area contributed by atoms with Gasteiger partial charge in [0.15, 0.2) is 0 Å². The average molecular weight is 205 g/mol. The number of aryl methyl sites for hydroxylation is 1. The summed E-state index contributed by atoms with van der Waals surface area (Å²) in [6, 6.07) is 2.09. The predicted molar refractivity (Wildman–Crippen MR) is 63.1 cm³/mol. The van der Waals surface area contributed by atoms with Crippen LogP contribution in [0.15, 0.2) is 17.6 Å². The molecule has 0 amide bonds. The van der Waals surface area contributed by atoms with Crippen molar-refractivity contribution in [2.24, 2.45) is 0 Å². The molecular weight excluding hydrogens is 190 g/mol. The minimum Gasteiger partial charge on any atom is -0.255 e. The Bertz CT molecular complexity index is 463. The number of pyridine rings is 1. The van der Waals surface area contributed by atoms with Crippen molar-refractivity contribution in [3.05, 3.63) is 28.8 Å². The average Bonchev–Trinajstić information content (AvgIpc) is 2.48. The summed E-state index contributed by atoms with van der Waals surface area (Å²) in [4.78, 5) is 4.43. The molecule has 0 bridgehead atoms. The van der Waals surface area contributed by atoms with Crippen LogP contribution in [0.4, 0.5) is 0 Å². The zero-order chi connectivity index (χ0) is 10.3. The van der Waals surface area contributed by atoms with E-state index in [-0.39, 0.29) is 5.41 Å². The van der Waals surface area contributed by atoms with Gasteiger partial charge in [-0.2, -0.15) is 0 Å². The monoisotopic (exact) mass is 205 g/mol. The van der Waals surface area contributed by atoms with Gasteiger partial charge in [0.05, 0.1) is 10.2 Å². The van der Waals surface area contributed by atoms with E-state index < -0.39 is 0 Å². The maximum atomic E-state index is 4.43. The summed E-state index contributed by atoms with van der Waals surface area (Å²) in [5, 5.41) is 2.12. The van der Waals surface area contributed by atoms with Crippen molar-refractivity contribution in [3.8, 4) is 0 Å². The van der Waals surface area contributed by atoms with Gasteiger partial charge in [-0.15, -0.1) is 11.3 Å². The number of nitrogens with zero attached hydrogens (tertiary/aromatic N) is 1. The molecule has 0 fully saturated rings. The van der Waals surface area contributed by atoms with Crippen LogP contribution in [0.3, 0.4) is 0 Å². The second kappa shape index (κ2) is 3.06. The highest BCUT2D eigenvalue weighted by Gasteiger charge is 2.20. The standard InChI is InChI=1S/C12H15NS/c1-8-7-13-9-5-6-14-11(9)10(8)12(2,3)4/h5-7H,1-4H3. The van der Waals surface area contributed by atoms with Crippen LogP contribution in [-0.2, 0) is 5.41 Å². The lowest BCUT2D eigenvalue weighted by Crippen LogP contribution is -2.13. The third kappa shape index (κ3) is 1.44. The summed E-state index contributed by atoms with van der Waals surface area (Å²) >= 11 is 1.79. The summed E-state index contributed by atoms with van der Waals surface area (Å²) < 4.78 is 1.34. The van der Waals surface area contributed by atoms with Crippen molar-refractivity contribution in [2.45, 2.75) is 33.1 Å². The minimum absolute atomic E-state index is 0.204. The summed E-state index contributed by atoms with van der Waals surface area (Å²) in [5.74, 6) is 0. The first-order valence-corrected chi connectivity index (χ1v) is 5.71. The number of aromatic nitrogens is 1. The maximum Gasteiger partial charge on any atom is 0.0812 e. The molecule has 2 aromatic rings. The van der Waals surface area contributed by atoms with Gasteiger partial charge in [-0.1, -0.05) is 20.8 Å². The fourth-order valence-electron chi connectivity index (χ4n) is 1.93. The molecule has 0 spiro atoms. The smallest absolute Gasteiger partial charge is 0.0812 e. The Morgan fingerprint density at radius 1 is 1.29 bits per heavy atom. The fraction of sp³-hybridized carbons (Fsp3) is 0.417. The van der Waals surface area contributed by atoms with Crippen LogP contribution in [0, 0.1) is 6.92 Å². The van der Waals surface area contributed by atoms with Gasteiger partial charge >= 0.3 is 0 Å². The molecule has 2 aromatic heterocycles. The Labute approximate surface area is 88.8 Å². The molecule has 0 aliphatic carbocycles. The first kappa shape index (κ1) is 9.66. The van der Waals surface area contributed by atoms with E-state index in [0.29, 0.717) is 0 Å². The highest BCUT2D eigenvalue weighted by Crippen LogP contribution is 2.34. The van der Waals surface area contributed by atoms with Crippen molar-refractivity contribution in [1.82, 2.24) is 4.98 Å². The summed E-state index contributed by atoms with van der Waals surface area (Å²) in [5.41, 5.74) is 4.08. The first-order chi connectivity index (χ1) is 6.50. The number of fused-ring (bicyclic) bond motifs is 1. The second-order valence-corrected chi connectivity index (χ2v) is 5.62. The molecule has 0 N–H and O–H groups in total. The van der Waals surface area contributed by atoms with Crippen LogP contribution in [0.25, 0.3) is 10.2 Å². The van der Waals surface area contributed by atoms with Gasteiger partial charge < -0.3 is 0 Å². The molecule has 0 atom stereocenters. The number of thiophene rings is 1. The molecule has 0 aromatic carbocycles. The van der Waals surface area contributed by atoms with Crippen LogP contribution in [0.1, 0.15) is 31.9 Å². The van der Waals surface area contributed by atoms with Gasteiger partial charge in [-0.05, 0) is 34.9 Å². The van der Waals surface area contributed by atoms with Gasteiger partial charge in [0.25, 0.3) is 0 Å². The molecule has 0 aliphatic rings. The highest BCUT2D eigenvalue weighted by atomic mass is 32.1. The van der Waals surface area contributed by atoms with Gasteiger partial charge in [0.1, 0.15) is 0 Å².